The molecule has 1 aromatic carbocycles. The number of hydrogen-bond acceptors (Lipinski definition) is 4. The third-order valence-corrected chi connectivity index (χ3v) is 3.53. The van der Waals surface area contributed by atoms with E-state index in [1.807, 2.05) is 6.92 Å². The Morgan fingerprint density at radius 3 is 2.80 bits per heavy atom. The van der Waals surface area contributed by atoms with Crippen molar-refractivity contribution in [1.82, 2.24) is 5.32 Å². The van der Waals surface area contributed by atoms with Crippen LogP contribution in [0.25, 0.3) is 0 Å². The molecule has 0 radical (unpaired) electrons. The Labute approximate surface area is 119 Å². The Bertz CT molecular complexity index is 469. The summed E-state index contributed by atoms with van der Waals surface area (Å²) in [6.45, 7) is 2.74. The van der Waals surface area contributed by atoms with Crippen LogP contribution in [0, 0.1) is 0 Å². The van der Waals surface area contributed by atoms with E-state index in [-0.39, 0.29) is 18.1 Å². The maximum absolute atomic E-state index is 12.3. The van der Waals surface area contributed by atoms with Gasteiger partial charge in [-0.2, -0.15) is 0 Å². The number of carbonyl (C=O) groups excluding carboxylic acids is 1. The Hall–Kier alpha value is -1.75. The second-order valence-corrected chi connectivity index (χ2v) is 4.88. The van der Waals surface area contributed by atoms with Crippen LogP contribution in [0.3, 0.4) is 0 Å². The molecule has 1 aromatic rings. The average Bonchev–Trinajstić information content (AvgIpc) is 3.00. The van der Waals surface area contributed by atoms with Crippen LogP contribution in [0.1, 0.15) is 30.1 Å². The van der Waals surface area contributed by atoms with E-state index < -0.39 is 0 Å². The van der Waals surface area contributed by atoms with E-state index >= 15 is 0 Å². The molecule has 2 atom stereocenters. The first kappa shape index (κ1) is 14.7. The largest absolute Gasteiger partial charge is 0.497 e. The van der Waals surface area contributed by atoms with Gasteiger partial charge in [-0.05, 0) is 31.9 Å². The number of benzene rings is 1. The molecule has 5 heteroatoms. The van der Waals surface area contributed by atoms with E-state index in [2.05, 4.69) is 5.32 Å². The summed E-state index contributed by atoms with van der Waals surface area (Å²) in [6.07, 6.45) is 2.14. The van der Waals surface area contributed by atoms with Gasteiger partial charge in [0, 0.05) is 12.7 Å². The molecule has 20 heavy (non-hydrogen) atoms. The average molecular weight is 279 g/mol. The van der Waals surface area contributed by atoms with Crippen LogP contribution >= 0.6 is 0 Å². The second kappa shape index (κ2) is 6.61. The van der Waals surface area contributed by atoms with E-state index in [1.165, 1.54) is 7.11 Å². The van der Waals surface area contributed by atoms with Gasteiger partial charge in [-0.15, -0.1) is 0 Å². The van der Waals surface area contributed by atoms with Crippen molar-refractivity contribution in [3.8, 4) is 11.5 Å². The van der Waals surface area contributed by atoms with E-state index in [0.29, 0.717) is 17.1 Å². The zero-order valence-corrected chi connectivity index (χ0v) is 12.1. The zero-order valence-electron chi connectivity index (χ0n) is 12.1. The van der Waals surface area contributed by atoms with Crippen molar-refractivity contribution >= 4 is 5.91 Å². The molecule has 0 aromatic heterocycles. The molecule has 1 saturated heterocycles. The lowest BCUT2D eigenvalue weighted by molar-refractivity contribution is 0.0710. The predicted octanol–water partition coefficient (Wildman–Crippen LogP) is 2.00. The summed E-state index contributed by atoms with van der Waals surface area (Å²) in [7, 11) is 3.11. The monoisotopic (exact) mass is 279 g/mol. The molecule has 1 amide bonds. The van der Waals surface area contributed by atoms with Gasteiger partial charge in [-0.25, -0.2) is 0 Å². The van der Waals surface area contributed by atoms with E-state index in [1.54, 1.807) is 25.3 Å². The molecule has 1 fully saturated rings. The minimum Gasteiger partial charge on any atom is -0.497 e. The fourth-order valence-corrected chi connectivity index (χ4v) is 2.36. The number of amides is 1. The standard InChI is InChI=1S/C15H21NO4/c1-10(13-5-4-8-20-13)16-15(17)12-7-6-11(18-2)9-14(12)19-3/h6-7,9-10,13H,4-5,8H2,1-3H3,(H,16,17)/t10-,13+/m1/s1. The molecule has 0 aliphatic carbocycles. The molecule has 0 saturated carbocycles. The maximum Gasteiger partial charge on any atom is 0.255 e. The van der Waals surface area contributed by atoms with Gasteiger partial charge in [0.2, 0.25) is 0 Å². The van der Waals surface area contributed by atoms with Crippen molar-refractivity contribution in [2.45, 2.75) is 31.9 Å². The van der Waals surface area contributed by atoms with Crippen molar-refractivity contribution in [1.29, 1.82) is 0 Å². The van der Waals surface area contributed by atoms with Crippen LogP contribution in [0.5, 0.6) is 11.5 Å². The topological polar surface area (TPSA) is 56.8 Å². The molecule has 1 heterocycles. The first-order valence-corrected chi connectivity index (χ1v) is 6.80. The summed E-state index contributed by atoms with van der Waals surface area (Å²) in [5.74, 6) is 1.000. The molecule has 0 unspecified atom stereocenters. The quantitative estimate of drug-likeness (QED) is 0.895. The van der Waals surface area contributed by atoms with Gasteiger partial charge >= 0.3 is 0 Å². The molecule has 1 N–H and O–H groups in total. The first-order valence-electron chi connectivity index (χ1n) is 6.80. The third-order valence-electron chi connectivity index (χ3n) is 3.53. The molecule has 0 bridgehead atoms. The highest BCUT2D eigenvalue weighted by Gasteiger charge is 2.25. The van der Waals surface area contributed by atoms with Crippen LogP contribution < -0.4 is 14.8 Å². The number of ether oxygens (including phenoxy) is 3. The summed E-state index contributed by atoms with van der Waals surface area (Å²) in [5, 5.41) is 2.97. The lowest BCUT2D eigenvalue weighted by Crippen LogP contribution is -2.40. The fraction of sp³-hybridized carbons (Fsp3) is 0.533. The highest BCUT2D eigenvalue weighted by Crippen LogP contribution is 2.25. The molecule has 1 aliphatic rings. The minimum absolute atomic E-state index is 0.0168. The van der Waals surface area contributed by atoms with Crippen molar-refractivity contribution < 1.29 is 19.0 Å². The van der Waals surface area contributed by atoms with Gasteiger partial charge in [-0.3, -0.25) is 4.79 Å². The van der Waals surface area contributed by atoms with Crippen molar-refractivity contribution in [2.24, 2.45) is 0 Å². The normalized spacial score (nSPS) is 19.4. The van der Waals surface area contributed by atoms with Crippen LogP contribution in [0.4, 0.5) is 0 Å². The third kappa shape index (κ3) is 3.22. The molecule has 1 aliphatic heterocycles. The van der Waals surface area contributed by atoms with Crippen molar-refractivity contribution in [3.63, 3.8) is 0 Å². The van der Waals surface area contributed by atoms with Crippen LogP contribution in [-0.4, -0.2) is 38.9 Å². The summed E-state index contributed by atoms with van der Waals surface area (Å²) in [5.41, 5.74) is 0.498. The van der Waals surface area contributed by atoms with E-state index in [9.17, 15) is 4.79 Å². The molecule has 2 rings (SSSR count). The lowest BCUT2D eigenvalue weighted by Gasteiger charge is -2.20. The van der Waals surface area contributed by atoms with Crippen LogP contribution in [0.15, 0.2) is 18.2 Å². The van der Waals surface area contributed by atoms with Gasteiger partial charge in [-0.1, -0.05) is 0 Å². The predicted molar refractivity (Wildman–Crippen MR) is 75.4 cm³/mol. The fourth-order valence-electron chi connectivity index (χ4n) is 2.36. The summed E-state index contributed by atoms with van der Waals surface area (Å²) in [6, 6.07) is 5.13. The minimum atomic E-state index is -0.160. The highest BCUT2D eigenvalue weighted by atomic mass is 16.5. The number of carbonyl (C=O) groups is 1. The number of rotatable bonds is 5. The van der Waals surface area contributed by atoms with E-state index in [0.717, 1.165) is 19.4 Å². The molecular weight excluding hydrogens is 258 g/mol. The Morgan fingerprint density at radius 2 is 2.20 bits per heavy atom. The highest BCUT2D eigenvalue weighted by molar-refractivity contribution is 5.97. The van der Waals surface area contributed by atoms with Gasteiger partial charge in [0.05, 0.1) is 31.9 Å². The van der Waals surface area contributed by atoms with Crippen LogP contribution in [0.2, 0.25) is 0 Å². The summed E-state index contributed by atoms with van der Waals surface area (Å²) < 4.78 is 15.9. The second-order valence-electron chi connectivity index (χ2n) is 4.88. The van der Waals surface area contributed by atoms with Gasteiger partial charge in [0.25, 0.3) is 5.91 Å². The van der Waals surface area contributed by atoms with Crippen molar-refractivity contribution in [2.75, 3.05) is 20.8 Å². The zero-order chi connectivity index (χ0) is 14.5. The number of methoxy groups -OCH3 is 2. The number of nitrogens with one attached hydrogen (secondary N) is 1. The first-order chi connectivity index (χ1) is 9.65. The van der Waals surface area contributed by atoms with Crippen molar-refractivity contribution in [3.05, 3.63) is 23.8 Å². The molecule has 0 spiro atoms. The van der Waals surface area contributed by atoms with E-state index in [4.69, 9.17) is 14.2 Å². The Morgan fingerprint density at radius 1 is 1.40 bits per heavy atom. The number of hydrogen-bond donors (Lipinski definition) is 1. The Balaban J connectivity index is 2.08. The van der Waals surface area contributed by atoms with Crippen LogP contribution in [-0.2, 0) is 4.74 Å². The van der Waals surface area contributed by atoms with Gasteiger partial charge < -0.3 is 19.5 Å². The van der Waals surface area contributed by atoms with Gasteiger partial charge in [0.1, 0.15) is 11.5 Å². The Kier molecular flexibility index (Phi) is 4.84. The molecule has 5 nitrogen and oxygen atoms in total. The SMILES string of the molecule is COc1ccc(C(=O)N[C@H](C)[C@@H]2CCCO2)c(OC)c1. The summed E-state index contributed by atoms with van der Waals surface area (Å²) in [4.78, 5) is 12.3. The smallest absolute Gasteiger partial charge is 0.255 e. The maximum atomic E-state index is 12.3. The summed E-state index contributed by atoms with van der Waals surface area (Å²) >= 11 is 0. The lowest BCUT2D eigenvalue weighted by atomic mass is 10.1. The molecule has 110 valence electrons. The van der Waals surface area contributed by atoms with Gasteiger partial charge in [0.15, 0.2) is 0 Å². The molecular formula is C15H21NO4.